The van der Waals surface area contributed by atoms with Gasteiger partial charge < -0.3 is 9.32 Å². The first-order valence-corrected chi connectivity index (χ1v) is 4.79. The number of furan rings is 1. The maximum Gasteiger partial charge on any atom is 0.323 e. The number of anilines is 1. The van der Waals surface area contributed by atoms with E-state index in [4.69, 9.17) is 4.42 Å². The Morgan fingerprint density at radius 3 is 3.00 bits per heavy atom. The molecular formula is C10H16N2O2. The molecule has 1 N–H and O–H groups in total. The van der Waals surface area contributed by atoms with Crippen molar-refractivity contribution < 1.29 is 9.21 Å². The van der Waals surface area contributed by atoms with Gasteiger partial charge in [0.05, 0.1) is 6.26 Å². The first kappa shape index (κ1) is 10.6. The first-order chi connectivity index (χ1) is 6.74. The summed E-state index contributed by atoms with van der Waals surface area (Å²) in [6.45, 7) is 2.86. The summed E-state index contributed by atoms with van der Waals surface area (Å²) in [6.07, 6.45) is 3.63. The Labute approximate surface area is 83.9 Å². The summed E-state index contributed by atoms with van der Waals surface area (Å²) >= 11 is 0. The summed E-state index contributed by atoms with van der Waals surface area (Å²) in [4.78, 5) is 13.1. The second-order valence-corrected chi connectivity index (χ2v) is 3.18. The Balaban J connectivity index is 2.34. The third kappa shape index (κ3) is 3.12. The van der Waals surface area contributed by atoms with Gasteiger partial charge in [-0.05, 0) is 12.5 Å². The second-order valence-electron chi connectivity index (χ2n) is 3.18. The number of carbonyl (C=O) groups excluding carboxylic acids is 1. The molecule has 0 bridgehead atoms. The van der Waals surface area contributed by atoms with Crippen molar-refractivity contribution in [1.82, 2.24) is 4.90 Å². The fraction of sp³-hybridized carbons (Fsp3) is 0.500. The Morgan fingerprint density at radius 2 is 2.43 bits per heavy atom. The van der Waals surface area contributed by atoms with Gasteiger partial charge in [-0.2, -0.15) is 0 Å². The molecule has 0 aliphatic rings. The van der Waals surface area contributed by atoms with Crippen LogP contribution in [0.3, 0.4) is 0 Å². The highest BCUT2D eigenvalue weighted by atomic mass is 16.3. The minimum Gasteiger partial charge on any atom is -0.449 e. The molecule has 4 heteroatoms. The fourth-order valence-corrected chi connectivity index (χ4v) is 1.05. The van der Waals surface area contributed by atoms with Gasteiger partial charge in [0.1, 0.15) is 0 Å². The lowest BCUT2D eigenvalue weighted by Gasteiger charge is -2.16. The van der Waals surface area contributed by atoms with Crippen LogP contribution in [0, 0.1) is 0 Å². The highest BCUT2D eigenvalue weighted by Crippen LogP contribution is 2.07. The highest BCUT2D eigenvalue weighted by molar-refractivity contribution is 5.87. The lowest BCUT2D eigenvalue weighted by atomic mass is 10.3. The fourth-order valence-electron chi connectivity index (χ4n) is 1.05. The number of hydrogen-bond acceptors (Lipinski definition) is 2. The Bertz CT molecular complexity index is 270. The van der Waals surface area contributed by atoms with E-state index in [2.05, 4.69) is 12.2 Å². The summed E-state index contributed by atoms with van der Waals surface area (Å²) in [5, 5.41) is 2.65. The minimum atomic E-state index is -0.131. The van der Waals surface area contributed by atoms with Crippen LogP contribution in [0.5, 0.6) is 0 Å². The van der Waals surface area contributed by atoms with Crippen molar-refractivity contribution in [3.8, 4) is 0 Å². The molecule has 2 amide bonds. The van der Waals surface area contributed by atoms with Crippen molar-refractivity contribution in [2.45, 2.75) is 19.8 Å². The molecule has 0 aliphatic heterocycles. The number of amides is 2. The average Bonchev–Trinajstić information content (AvgIpc) is 2.66. The van der Waals surface area contributed by atoms with Crippen LogP contribution in [-0.2, 0) is 0 Å². The molecule has 1 aromatic heterocycles. The minimum absolute atomic E-state index is 0.131. The van der Waals surface area contributed by atoms with E-state index in [1.54, 1.807) is 24.1 Å². The van der Waals surface area contributed by atoms with Gasteiger partial charge in [0.25, 0.3) is 0 Å². The van der Waals surface area contributed by atoms with E-state index >= 15 is 0 Å². The molecule has 4 nitrogen and oxygen atoms in total. The Morgan fingerprint density at radius 1 is 1.64 bits per heavy atom. The van der Waals surface area contributed by atoms with Crippen LogP contribution in [0.25, 0.3) is 0 Å². The first-order valence-electron chi connectivity index (χ1n) is 4.79. The number of urea groups is 1. The summed E-state index contributed by atoms with van der Waals surface area (Å²) in [5.41, 5.74) is 0. The molecule has 0 aromatic carbocycles. The van der Waals surface area contributed by atoms with E-state index in [0.717, 1.165) is 19.4 Å². The van der Waals surface area contributed by atoms with Gasteiger partial charge in [-0.1, -0.05) is 13.3 Å². The van der Waals surface area contributed by atoms with Crippen molar-refractivity contribution in [3.05, 3.63) is 18.4 Å². The Hall–Kier alpha value is -1.45. The van der Waals surface area contributed by atoms with Crippen LogP contribution >= 0.6 is 0 Å². The predicted molar refractivity (Wildman–Crippen MR) is 55.3 cm³/mol. The molecule has 0 saturated heterocycles. The van der Waals surface area contributed by atoms with E-state index in [-0.39, 0.29) is 6.03 Å². The quantitative estimate of drug-likeness (QED) is 0.804. The Kier molecular flexibility index (Phi) is 4.04. The van der Waals surface area contributed by atoms with E-state index in [1.807, 2.05) is 0 Å². The predicted octanol–water partition coefficient (Wildman–Crippen LogP) is 2.54. The van der Waals surface area contributed by atoms with E-state index in [1.165, 1.54) is 6.26 Å². The summed E-state index contributed by atoms with van der Waals surface area (Å²) < 4.78 is 5.00. The largest absolute Gasteiger partial charge is 0.449 e. The maximum atomic E-state index is 11.5. The lowest BCUT2D eigenvalue weighted by molar-refractivity contribution is 0.221. The zero-order valence-corrected chi connectivity index (χ0v) is 8.62. The van der Waals surface area contributed by atoms with Gasteiger partial charge in [0, 0.05) is 19.7 Å². The maximum absolute atomic E-state index is 11.5. The van der Waals surface area contributed by atoms with Gasteiger partial charge in [0.15, 0.2) is 0 Å². The highest BCUT2D eigenvalue weighted by Gasteiger charge is 2.08. The summed E-state index contributed by atoms with van der Waals surface area (Å²) in [7, 11) is 1.77. The zero-order chi connectivity index (χ0) is 10.4. The van der Waals surface area contributed by atoms with Crippen LogP contribution in [0.4, 0.5) is 10.7 Å². The van der Waals surface area contributed by atoms with Gasteiger partial charge in [0.2, 0.25) is 5.88 Å². The topological polar surface area (TPSA) is 45.5 Å². The number of unbranched alkanes of at least 4 members (excludes halogenated alkanes) is 1. The molecule has 0 atom stereocenters. The third-order valence-electron chi connectivity index (χ3n) is 1.95. The standard InChI is InChI=1S/C10H16N2O2/c1-3-4-7-12(2)10(13)11-9-6-5-8-14-9/h5-6,8H,3-4,7H2,1-2H3,(H,11,13). The molecule has 0 radical (unpaired) electrons. The molecule has 0 unspecified atom stereocenters. The van der Waals surface area contributed by atoms with Crippen LogP contribution in [0.1, 0.15) is 19.8 Å². The van der Waals surface area contributed by atoms with Crippen LogP contribution in [0.15, 0.2) is 22.8 Å². The summed E-state index contributed by atoms with van der Waals surface area (Å²) in [5.74, 6) is 0.485. The number of nitrogens with zero attached hydrogens (tertiary/aromatic N) is 1. The molecule has 1 aromatic rings. The van der Waals surface area contributed by atoms with Crippen LogP contribution < -0.4 is 5.32 Å². The molecule has 0 saturated carbocycles. The average molecular weight is 196 g/mol. The summed E-state index contributed by atoms with van der Waals surface area (Å²) in [6, 6.07) is 3.32. The van der Waals surface area contributed by atoms with Gasteiger partial charge in [-0.3, -0.25) is 5.32 Å². The van der Waals surface area contributed by atoms with Crippen molar-refractivity contribution in [2.24, 2.45) is 0 Å². The molecule has 78 valence electrons. The van der Waals surface area contributed by atoms with Crippen molar-refractivity contribution in [1.29, 1.82) is 0 Å². The number of nitrogens with one attached hydrogen (secondary N) is 1. The molecule has 0 aliphatic carbocycles. The molecule has 1 rings (SSSR count). The third-order valence-corrected chi connectivity index (χ3v) is 1.95. The monoisotopic (exact) mass is 196 g/mol. The zero-order valence-electron chi connectivity index (χ0n) is 8.62. The number of rotatable bonds is 4. The van der Waals surface area contributed by atoms with E-state index < -0.39 is 0 Å². The SMILES string of the molecule is CCCCN(C)C(=O)Nc1ccco1. The van der Waals surface area contributed by atoms with E-state index in [0.29, 0.717) is 5.88 Å². The molecule has 14 heavy (non-hydrogen) atoms. The van der Waals surface area contributed by atoms with E-state index in [9.17, 15) is 4.79 Å². The van der Waals surface area contributed by atoms with Gasteiger partial charge >= 0.3 is 6.03 Å². The van der Waals surface area contributed by atoms with Gasteiger partial charge in [-0.25, -0.2) is 4.79 Å². The number of carbonyl (C=O) groups is 1. The number of hydrogen-bond donors (Lipinski definition) is 1. The van der Waals surface area contributed by atoms with Crippen molar-refractivity contribution >= 4 is 11.9 Å². The smallest absolute Gasteiger partial charge is 0.323 e. The lowest BCUT2D eigenvalue weighted by Crippen LogP contribution is -2.31. The van der Waals surface area contributed by atoms with Crippen LogP contribution in [0.2, 0.25) is 0 Å². The van der Waals surface area contributed by atoms with Crippen LogP contribution in [-0.4, -0.2) is 24.5 Å². The molecule has 1 heterocycles. The molecule has 0 fully saturated rings. The molecular weight excluding hydrogens is 180 g/mol. The van der Waals surface area contributed by atoms with Crippen molar-refractivity contribution in [3.63, 3.8) is 0 Å². The van der Waals surface area contributed by atoms with Gasteiger partial charge in [-0.15, -0.1) is 0 Å². The molecule has 0 spiro atoms. The van der Waals surface area contributed by atoms with Crippen molar-refractivity contribution in [2.75, 3.05) is 18.9 Å². The second kappa shape index (κ2) is 5.32. The normalized spacial score (nSPS) is 9.86.